The second-order valence-corrected chi connectivity index (χ2v) is 2.40. The Morgan fingerprint density at radius 2 is 2.09 bits per heavy atom. The van der Waals surface area contributed by atoms with E-state index in [9.17, 15) is 4.79 Å². The van der Waals surface area contributed by atoms with Crippen LogP contribution in [0.15, 0.2) is 24.3 Å². The Hall–Kier alpha value is -1.05. The van der Waals surface area contributed by atoms with E-state index in [2.05, 4.69) is 6.58 Å². The van der Waals surface area contributed by atoms with Gasteiger partial charge in [0.05, 0.1) is 11.7 Å². The number of esters is 1. The van der Waals surface area contributed by atoms with E-state index >= 15 is 0 Å². The fraction of sp³-hybridized carbons (Fsp3) is 0.444. The van der Waals surface area contributed by atoms with Gasteiger partial charge in [-0.1, -0.05) is 18.7 Å². The van der Waals surface area contributed by atoms with Crippen molar-refractivity contribution >= 4 is 5.97 Å². The van der Waals surface area contributed by atoms with Crippen LogP contribution in [0.2, 0.25) is 0 Å². The molecular weight excluding hydrogens is 140 g/mol. The number of carbonyl (C=O) groups is 1. The van der Waals surface area contributed by atoms with Crippen LogP contribution < -0.4 is 0 Å². The van der Waals surface area contributed by atoms with Gasteiger partial charge in [0.15, 0.2) is 0 Å². The Balaban J connectivity index is 4.12. The highest BCUT2D eigenvalue weighted by atomic mass is 16.5. The van der Waals surface area contributed by atoms with Crippen molar-refractivity contribution in [3.05, 3.63) is 24.3 Å². The molecule has 2 nitrogen and oxygen atoms in total. The van der Waals surface area contributed by atoms with Gasteiger partial charge in [-0.05, 0) is 20.8 Å². The van der Waals surface area contributed by atoms with E-state index in [0.717, 1.165) is 0 Å². The highest BCUT2D eigenvalue weighted by Gasteiger charge is 2.07. The zero-order valence-corrected chi connectivity index (χ0v) is 7.26. The number of rotatable bonds is 3. The average Bonchev–Trinajstić information content (AvgIpc) is 1.88. The van der Waals surface area contributed by atoms with Crippen LogP contribution in [-0.4, -0.2) is 12.1 Å². The van der Waals surface area contributed by atoms with Gasteiger partial charge in [-0.2, -0.15) is 0 Å². The minimum atomic E-state index is -0.308. The fourth-order valence-electron chi connectivity index (χ4n) is 0.601. The molecule has 0 aromatic carbocycles. The number of hydrogen-bond donors (Lipinski definition) is 0. The van der Waals surface area contributed by atoms with Gasteiger partial charge in [0, 0.05) is 0 Å². The third kappa shape index (κ3) is 3.61. The number of allylic oxidation sites excluding steroid dienone is 1. The van der Waals surface area contributed by atoms with Crippen molar-refractivity contribution in [3.63, 3.8) is 0 Å². The SMILES string of the molecule is C=CC(=CC)C(=O)OC(C)C. The zero-order valence-electron chi connectivity index (χ0n) is 7.26. The molecule has 0 atom stereocenters. The molecule has 0 saturated heterocycles. The monoisotopic (exact) mass is 154 g/mol. The van der Waals surface area contributed by atoms with E-state index in [-0.39, 0.29) is 12.1 Å². The molecule has 0 radical (unpaired) electrons. The minimum Gasteiger partial charge on any atom is -0.459 e. The van der Waals surface area contributed by atoms with Crippen molar-refractivity contribution < 1.29 is 9.53 Å². The fourth-order valence-corrected chi connectivity index (χ4v) is 0.601. The first-order valence-corrected chi connectivity index (χ1v) is 3.61. The molecule has 0 aliphatic carbocycles. The third-order valence-electron chi connectivity index (χ3n) is 1.11. The van der Waals surface area contributed by atoms with Crippen LogP contribution in [0.1, 0.15) is 20.8 Å². The summed E-state index contributed by atoms with van der Waals surface area (Å²) in [6.07, 6.45) is 3.10. The molecule has 0 unspecified atom stereocenters. The number of carbonyl (C=O) groups excluding carboxylic acids is 1. The lowest BCUT2D eigenvalue weighted by molar-refractivity contribution is -0.142. The molecule has 62 valence electrons. The first-order chi connectivity index (χ1) is 5.11. The molecule has 2 heteroatoms. The normalized spacial score (nSPS) is 11.5. The highest BCUT2D eigenvalue weighted by Crippen LogP contribution is 2.01. The van der Waals surface area contributed by atoms with Crippen molar-refractivity contribution in [2.75, 3.05) is 0 Å². The summed E-state index contributed by atoms with van der Waals surface area (Å²) in [5, 5.41) is 0. The predicted octanol–water partition coefficient (Wildman–Crippen LogP) is 2.07. The van der Waals surface area contributed by atoms with Gasteiger partial charge in [-0.15, -0.1) is 0 Å². The molecule has 0 aromatic heterocycles. The van der Waals surface area contributed by atoms with Crippen molar-refractivity contribution in [2.45, 2.75) is 26.9 Å². The lowest BCUT2D eigenvalue weighted by Gasteiger charge is -2.07. The molecule has 0 spiro atoms. The third-order valence-corrected chi connectivity index (χ3v) is 1.11. The van der Waals surface area contributed by atoms with Gasteiger partial charge in [0.2, 0.25) is 0 Å². The molecule has 11 heavy (non-hydrogen) atoms. The van der Waals surface area contributed by atoms with Gasteiger partial charge >= 0.3 is 5.97 Å². The van der Waals surface area contributed by atoms with Gasteiger partial charge in [0.1, 0.15) is 0 Å². The quantitative estimate of drug-likeness (QED) is 0.353. The molecule has 0 aliphatic rings. The molecule has 0 aliphatic heterocycles. The Morgan fingerprint density at radius 1 is 1.55 bits per heavy atom. The van der Waals surface area contributed by atoms with Crippen LogP contribution in [0.5, 0.6) is 0 Å². The highest BCUT2D eigenvalue weighted by molar-refractivity contribution is 5.91. The summed E-state index contributed by atoms with van der Waals surface area (Å²) in [6.45, 7) is 8.90. The molecule has 0 aromatic rings. The predicted molar refractivity (Wildman–Crippen MR) is 45.2 cm³/mol. The van der Waals surface area contributed by atoms with Crippen LogP contribution in [0.25, 0.3) is 0 Å². The summed E-state index contributed by atoms with van der Waals surface area (Å²) in [4.78, 5) is 11.1. The van der Waals surface area contributed by atoms with Crippen molar-refractivity contribution in [3.8, 4) is 0 Å². The Kier molecular flexibility index (Phi) is 4.27. The van der Waals surface area contributed by atoms with Crippen LogP contribution in [-0.2, 0) is 9.53 Å². The maximum Gasteiger partial charge on any atom is 0.338 e. The van der Waals surface area contributed by atoms with Crippen molar-refractivity contribution in [1.29, 1.82) is 0 Å². The molecule has 0 N–H and O–H groups in total. The molecule has 0 heterocycles. The zero-order chi connectivity index (χ0) is 8.85. The van der Waals surface area contributed by atoms with E-state index < -0.39 is 0 Å². The molecule has 0 amide bonds. The summed E-state index contributed by atoms with van der Waals surface area (Å²) < 4.78 is 4.92. The number of hydrogen-bond acceptors (Lipinski definition) is 2. The van der Waals surface area contributed by atoms with E-state index in [4.69, 9.17) is 4.74 Å². The first kappa shape index (κ1) is 9.95. The maximum absolute atomic E-state index is 11.1. The standard InChI is InChI=1S/C9H14O2/c1-5-8(6-2)9(10)11-7(3)4/h5-7H,1H2,2-4H3. The smallest absolute Gasteiger partial charge is 0.338 e. The van der Waals surface area contributed by atoms with E-state index in [1.807, 2.05) is 13.8 Å². The molecule has 0 fully saturated rings. The molecule has 0 rings (SSSR count). The van der Waals surface area contributed by atoms with Gasteiger partial charge in [-0.3, -0.25) is 0 Å². The second-order valence-electron chi connectivity index (χ2n) is 2.40. The van der Waals surface area contributed by atoms with Gasteiger partial charge < -0.3 is 4.74 Å². The average molecular weight is 154 g/mol. The topological polar surface area (TPSA) is 26.3 Å². The summed E-state index contributed by atoms with van der Waals surface area (Å²) in [5.41, 5.74) is 0.513. The van der Waals surface area contributed by atoms with Crippen LogP contribution in [0.4, 0.5) is 0 Å². The van der Waals surface area contributed by atoms with Gasteiger partial charge in [0.25, 0.3) is 0 Å². The van der Waals surface area contributed by atoms with E-state index in [1.165, 1.54) is 6.08 Å². The summed E-state index contributed by atoms with van der Waals surface area (Å²) in [7, 11) is 0. The van der Waals surface area contributed by atoms with Crippen LogP contribution in [0.3, 0.4) is 0 Å². The molecule has 0 bridgehead atoms. The first-order valence-electron chi connectivity index (χ1n) is 3.61. The maximum atomic E-state index is 11.1. The van der Waals surface area contributed by atoms with E-state index in [1.54, 1.807) is 13.0 Å². The Labute approximate surface area is 67.6 Å². The minimum absolute atomic E-state index is 0.0719. The summed E-state index contributed by atoms with van der Waals surface area (Å²) >= 11 is 0. The Morgan fingerprint density at radius 3 is 2.36 bits per heavy atom. The van der Waals surface area contributed by atoms with Gasteiger partial charge in [-0.25, -0.2) is 4.79 Å². The van der Waals surface area contributed by atoms with E-state index in [0.29, 0.717) is 5.57 Å². The number of ether oxygens (including phenoxy) is 1. The van der Waals surface area contributed by atoms with Crippen LogP contribution >= 0.6 is 0 Å². The lowest BCUT2D eigenvalue weighted by atomic mass is 10.2. The Bertz CT molecular complexity index is 178. The molecular formula is C9H14O2. The summed E-state index contributed by atoms with van der Waals surface area (Å²) in [5.74, 6) is -0.308. The second kappa shape index (κ2) is 4.72. The van der Waals surface area contributed by atoms with Crippen molar-refractivity contribution in [1.82, 2.24) is 0 Å². The molecule has 0 saturated carbocycles. The lowest BCUT2D eigenvalue weighted by Crippen LogP contribution is -2.12. The largest absolute Gasteiger partial charge is 0.459 e. The summed E-state index contributed by atoms with van der Waals surface area (Å²) in [6, 6.07) is 0. The van der Waals surface area contributed by atoms with Crippen molar-refractivity contribution in [2.24, 2.45) is 0 Å². The van der Waals surface area contributed by atoms with Crippen LogP contribution in [0, 0.1) is 0 Å².